The van der Waals surface area contributed by atoms with E-state index in [1.165, 1.54) is 18.5 Å². The average molecular weight is 417 g/mol. The summed E-state index contributed by atoms with van der Waals surface area (Å²) in [6.45, 7) is 9.98. The lowest BCUT2D eigenvalue weighted by Crippen LogP contribution is -2.32. The molecular weight excluding hydrogens is 384 g/mol. The fourth-order valence-electron chi connectivity index (χ4n) is 3.88. The van der Waals surface area contributed by atoms with Crippen LogP contribution in [0.5, 0.6) is 5.75 Å². The summed E-state index contributed by atoms with van der Waals surface area (Å²) in [4.78, 5) is 2.70. The van der Waals surface area contributed by atoms with Gasteiger partial charge in [0.25, 0.3) is 0 Å². The third kappa shape index (κ3) is 4.93. The molecule has 0 radical (unpaired) electrons. The number of methoxy groups -OCH3 is 1. The monoisotopic (exact) mass is 416 g/mol. The molecule has 2 aromatic carbocycles. The zero-order valence-electron chi connectivity index (χ0n) is 18.0. The molecule has 0 amide bonds. The highest BCUT2D eigenvalue weighted by molar-refractivity contribution is 7.89. The number of anilines is 1. The van der Waals surface area contributed by atoms with Crippen molar-refractivity contribution in [2.24, 2.45) is 5.92 Å². The molecule has 0 unspecified atom stereocenters. The van der Waals surface area contributed by atoms with Crippen molar-refractivity contribution >= 4 is 15.7 Å². The predicted molar refractivity (Wildman–Crippen MR) is 118 cm³/mol. The van der Waals surface area contributed by atoms with Crippen LogP contribution < -0.4 is 14.4 Å². The number of rotatable bonds is 6. The molecule has 0 saturated carbocycles. The normalized spacial score (nSPS) is 16.7. The Kier molecular flexibility index (Phi) is 6.54. The van der Waals surface area contributed by atoms with Gasteiger partial charge >= 0.3 is 0 Å². The largest absolute Gasteiger partial charge is 0.496 e. The molecule has 3 rings (SSSR count). The molecule has 1 aliphatic heterocycles. The first-order valence-corrected chi connectivity index (χ1v) is 11.7. The lowest BCUT2D eigenvalue weighted by atomic mass is 9.98. The van der Waals surface area contributed by atoms with Gasteiger partial charge in [-0.05, 0) is 80.5 Å². The average Bonchev–Trinajstić information content (AvgIpc) is 2.69. The van der Waals surface area contributed by atoms with Gasteiger partial charge in [-0.25, -0.2) is 13.1 Å². The first-order valence-electron chi connectivity index (χ1n) is 10.2. The molecule has 1 atom stereocenters. The Bertz CT molecular complexity index is 947. The maximum absolute atomic E-state index is 13.0. The summed E-state index contributed by atoms with van der Waals surface area (Å²) in [5.74, 6) is 1.49. The molecule has 0 spiro atoms. The number of benzene rings is 2. The summed E-state index contributed by atoms with van der Waals surface area (Å²) in [6, 6.07) is 11.3. The first kappa shape index (κ1) is 21.7. The van der Waals surface area contributed by atoms with Gasteiger partial charge in [-0.15, -0.1) is 0 Å². The van der Waals surface area contributed by atoms with Gasteiger partial charge in [-0.1, -0.05) is 19.1 Å². The first-order chi connectivity index (χ1) is 13.7. The Morgan fingerprint density at radius 2 is 1.69 bits per heavy atom. The van der Waals surface area contributed by atoms with Gasteiger partial charge < -0.3 is 9.64 Å². The molecule has 29 heavy (non-hydrogen) atoms. The number of nitrogens with one attached hydrogen (secondary N) is 1. The molecule has 1 N–H and O–H groups in total. The van der Waals surface area contributed by atoms with E-state index in [2.05, 4.69) is 28.7 Å². The highest BCUT2D eigenvalue weighted by Crippen LogP contribution is 2.28. The molecule has 2 aromatic rings. The zero-order chi connectivity index (χ0) is 21.2. The second kappa shape index (κ2) is 8.76. The van der Waals surface area contributed by atoms with E-state index < -0.39 is 10.0 Å². The minimum Gasteiger partial charge on any atom is -0.496 e. The van der Waals surface area contributed by atoms with E-state index >= 15 is 0 Å². The molecule has 0 aliphatic carbocycles. The van der Waals surface area contributed by atoms with E-state index in [1.54, 1.807) is 26.2 Å². The van der Waals surface area contributed by atoms with Gasteiger partial charge in [-0.3, -0.25) is 0 Å². The van der Waals surface area contributed by atoms with Gasteiger partial charge in [-0.2, -0.15) is 0 Å². The van der Waals surface area contributed by atoms with Gasteiger partial charge in [0.15, 0.2) is 0 Å². The molecule has 1 aliphatic rings. The number of nitrogens with zero attached hydrogens (tertiary/aromatic N) is 1. The summed E-state index contributed by atoms with van der Waals surface area (Å²) in [5, 5.41) is 0. The molecular formula is C23H32N2O3S. The van der Waals surface area contributed by atoms with E-state index in [-0.39, 0.29) is 6.04 Å². The van der Waals surface area contributed by atoms with Crippen molar-refractivity contribution in [3.05, 3.63) is 53.1 Å². The Balaban J connectivity index is 1.74. The zero-order valence-corrected chi connectivity index (χ0v) is 18.8. The van der Waals surface area contributed by atoms with Gasteiger partial charge in [0.1, 0.15) is 5.75 Å². The predicted octanol–water partition coefficient (Wildman–Crippen LogP) is 4.59. The number of hydrogen-bond acceptors (Lipinski definition) is 4. The van der Waals surface area contributed by atoms with Crippen LogP contribution in [-0.2, 0) is 10.0 Å². The van der Waals surface area contributed by atoms with Crippen molar-refractivity contribution < 1.29 is 13.2 Å². The Hall–Kier alpha value is -2.05. The van der Waals surface area contributed by atoms with Gasteiger partial charge in [0.2, 0.25) is 10.0 Å². The summed E-state index contributed by atoms with van der Waals surface area (Å²) < 4.78 is 34.1. The standard InChI is InChI=1S/C23H32N2O3S/c1-16-10-12-25(13-11-16)21-8-6-20(7-9-21)19(4)24-29(26,27)23-15-17(2)22(28-5)14-18(23)3/h6-9,14-16,19,24H,10-13H2,1-5H3/t19-/m1/s1. The summed E-state index contributed by atoms with van der Waals surface area (Å²) in [6.07, 6.45) is 2.44. The SMILES string of the molecule is COc1cc(C)c(S(=O)(=O)N[C@H](C)c2ccc(N3CCC(C)CC3)cc2)cc1C. The quantitative estimate of drug-likeness (QED) is 0.748. The Labute approximate surface area is 175 Å². The van der Waals surface area contributed by atoms with Crippen molar-refractivity contribution in [2.45, 2.75) is 51.5 Å². The third-order valence-corrected chi connectivity index (χ3v) is 7.54. The fraction of sp³-hybridized carbons (Fsp3) is 0.478. The summed E-state index contributed by atoms with van der Waals surface area (Å²) in [7, 11) is -2.05. The van der Waals surface area contributed by atoms with Crippen molar-refractivity contribution in [2.75, 3.05) is 25.1 Å². The summed E-state index contributed by atoms with van der Waals surface area (Å²) >= 11 is 0. The van der Waals surface area contributed by atoms with Crippen LogP contribution in [0.15, 0.2) is 41.3 Å². The fourth-order valence-corrected chi connectivity index (χ4v) is 5.42. The van der Waals surface area contributed by atoms with Crippen molar-refractivity contribution in [1.82, 2.24) is 4.72 Å². The molecule has 0 bridgehead atoms. The van der Waals surface area contributed by atoms with Gasteiger partial charge in [0, 0.05) is 24.8 Å². The maximum Gasteiger partial charge on any atom is 0.241 e. The molecule has 0 aromatic heterocycles. The maximum atomic E-state index is 13.0. The van der Waals surface area contributed by atoms with E-state index in [1.807, 2.05) is 26.0 Å². The second-order valence-corrected chi connectivity index (χ2v) is 9.87. The smallest absolute Gasteiger partial charge is 0.241 e. The van der Waals surface area contributed by atoms with Crippen LogP contribution in [-0.4, -0.2) is 28.6 Å². The lowest BCUT2D eigenvalue weighted by Gasteiger charge is -2.32. The summed E-state index contributed by atoms with van der Waals surface area (Å²) in [5.41, 5.74) is 3.62. The molecule has 1 saturated heterocycles. The van der Waals surface area contributed by atoms with E-state index in [0.717, 1.165) is 30.1 Å². The van der Waals surface area contributed by atoms with Crippen LogP contribution in [0.4, 0.5) is 5.69 Å². The third-order valence-electron chi connectivity index (χ3n) is 5.86. The van der Waals surface area contributed by atoms with Gasteiger partial charge in [0.05, 0.1) is 12.0 Å². The molecule has 158 valence electrons. The minimum atomic E-state index is -3.64. The molecule has 5 nitrogen and oxygen atoms in total. The van der Waals surface area contributed by atoms with Crippen molar-refractivity contribution in [1.29, 1.82) is 0 Å². The van der Waals surface area contributed by atoms with Crippen molar-refractivity contribution in [3.63, 3.8) is 0 Å². The molecule has 1 fully saturated rings. The minimum absolute atomic E-state index is 0.293. The van der Waals surface area contributed by atoms with E-state index in [9.17, 15) is 8.42 Å². The Morgan fingerprint density at radius 3 is 2.28 bits per heavy atom. The molecule has 6 heteroatoms. The molecule has 1 heterocycles. The highest BCUT2D eigenvalue weighted by atomic mass is 32.2. The van der Waals surface area contributed by atoms with E-state index in [0.29, 0.717) is 16.2 Å². The van der Waals surface area contributed by atoms with Crippen LogP contribution in [0.25, 0.3) is 0 Å². The Morgan fingerprint density at radius 1 is 1.07 bits per heavy atom. The number of aryl methyl sites for hydroxylation is 2. The number of hydrogen-bond donors (Lipinski definition) is 1. The number of ether oxygens (including phenoxy) is 1. The van der Waals surface area contributed by atoms with Crippen LogP contribution in [0.3, 0.4) is 0 Å². The van der Waals surface area contributed by atoms with Crippen LogP contribution in [0.2, 0.25) is 0 Å². The van der Waals surface area contributed by atoms with Crippen LogP contribution >= 0.6 is 0 Å². The topological polar surface area (TPSA) is 58.6 Å². The van der Waals surface area contributed by atoms with E-state index in [4.69, 9.17) is 4.74 Å². The van der Waals surface area contributed by atoms with Crippen LogP contribution in [0, 0.1) is 19.8 Å². The highest BCUT2D eigenvalue weighted by Gasteiger charge is 2.22. The number of sulfonamides is 1. The number of piperidine rings is 1. The van der Waals surface area contributed by atoms with Crippen LogP contribution in [0.1, 0.15) is 49.4 Å². The lowest BCUT2D eigenvalue weighted by molar-refractivity contribution is 0.411. The van der Waals surface area contributed by atoms with Crippen molar-refractivity contribution in [3.8, 4) is 5.75 Å². The second-order valence-electron chi connectivity index (χ2n) is 8.19.